The van der Waals surface area contributed by atoms with Crippen molar-refractivity contribution in [3.63, 3.8) is 0 Å². The Bertz CT molecular complexity index is 1180. The number of nitrogens with two attached hydrogens (primary N) is 1. The van der Waals surface area contributed by atoms with Crippen molar-refractivity contribution in [1.29, 1.82) is 5.26 Å². The van der Waals surface area contributed by atoms with Gasteiger partial charge in [-0.3, -0.25) is 4.79 Å². The topological polar surface area (TPSA) is 113 Å². The molecule has 0 aliphatic carbocycles. The molecule has 1 aliphatic rings. The van der Waals surface area contributed by atoms with Gasteiger partial charge >= 0.3 is 6.18 Å². The molecule has 0 bridgehead atoms. The second-order valence-corrected chi connectivity index (χ2v) is 7.24. The van der Waals surface area contributed by atoms with E-state index in [-0.39, 0.29) is 11.3 Å². The maximum Gasteiger partial charge on any atom is 0.425 e. The standard InChI is InChI=1S/C20H15F6N5O2/c1-9-2-10(6-27)7-29-16(9)17(32)30-11-3-12(15(23)13(22)4-11)19(8-21)5-14(20(24,25)26)33-18(28)31-19/h2-4,7,14H,5,8H2,1H3,(H2,28,31)(H,30,32)/t14-,19+/m0/s1. The molecule has 0 spiro atoms. The maximum absolute atomic E-state index is 14.6. The van der Waals surface area contributed by atoms with Crippen LogP contribution in [0, 0.1) is 29.9 Å². The van der Waals surface area contributed by atoms with Crippen LogP contribution in [0.15, 0.2) is 29.4 Å². The van der Waals surface area contributed by atoms with Crippen molar-refractivity contribution in [2.24, 2.45) is 10.7 Å². The van der Waals surface area contributed by atoms with Crippen LogP contribution in [-0.2, 0) is 10.3 Å². The second kappa shape index (κ2) is 8.61. The maximum atomic E-state index is 14.6. The lowest BCUT2D eigenvalue weighted by Crippen LogP contribution is -2.48. The number of pyridine rings is 1. The van der Waals surface area contributed by atoms with E-state index >= 15 is 0 Å². The summed E-state index contributed by atoms with van der Waals surface area (Å²) in [6.45, 7) is -0.179. The fraction of sp³-hybridized carbons (Fsp3) is 0.300. The summed E-state index contributed by atoms with van der Waals surface area (Å²) in [7, 11) is 0. The van der Waals surface area contributed by atoms with Gasteiger partial charge < -0.3 is 15.8 Å². The monoisotopic (exact) mass is 471 g/mol. The van der Waals surface area contributed by atoms with Crippen LogP contribution in [0.2, 0.25) is 0 Å². The predicted octanol–water partition coefficient (Wildman–Crippen LogP) is 3.62. The zero-order chi connectivity index (χ0) is 24.6. The average Bonchev–Trinajstić information content (AvgIpc) is 2.74. The molecule has 2 heterocycles. The lowest BCUT2D eigenvalue weighted by molar-refractivity contribution is -0.209. The number of aromatic nitrogens is 1. The smallest absolute Gasteiger partial charge is 0.425 e. The van der Waals surface area contributed by atoms with Crippen molar-refractivity contribution in [3.8, 4) is 6.07 Å². The number of benzene rings is 1. The van der Waals surface area contributed by atoms with Gasteiger partial charge in [0.1, 0.15) is 24.0 Å². The third-order valence-corrected chi connectivity index (χ3v) is 4.91. The van der Waals surface area contributed by atoms with E-state index in [1.807, 2.05) is 6.07 Å². The molecule has 1 aromatic heterocycles. The molecule has 0 saturated carbocycles. The first-order valence-electron chi connectivity index (χ1n) is 9.22. The van der Waals surface area contributed by atoms with E-state index in [1.54, 1.807) is 0 Å². The molecule has 0 radical (unpaired) electrons. The summed E-state index contributed by atoms with van der Waals surface area (Å²) in [5, 5.41) is 11.1. The first-order valence-corrected chi connectivity index (χ1v) is 9.22. The summed E-state index contributed by atoms with van der Waals surface area (Å²) in [6, 6.07) is 3.49. The number of nitrogens with zero attached hydrogens (tertiary/aromatic N) is 3. The zero-order valence-electron chi connectivity index (χ0n) is 16.8. The number of nitriles is 1. The number of anilines is 1. The highest BCUT2D eigenvalue weighted by atomic mass is 19.4. The highest BCUT2D eigenvalue weighted by Gasteiger charge is 2.52. The molecule has 1 amide bonds. The molecule has 174 valence electrons. The number of aryl methyl sites for hydroxylation is 1. The van der Waals surface area contributed by atoms with Crippen LogP contribution in [-0.4, -0.2) is 35.9 Å². The number of amides is 1. The summed E-state index contributed by atoms with van der Waals surface area (Å²) in [4.78, 5) is 19.9. The van der Waals surface area contributed by atoms with Gasteiger partial charge in [-0.2, -0.15) is 18.4 Å². The minimum Gasteiger partial charge on any atom is -0.452 e. The van der Waals surface area contributed by atoms with Crippen LogP contribution >= 0.6 is 0 Å². The number of halogens is 6. The van der Waals surface area contributed by atoms with Gasteiger partial charge in [0.2, 0.25) is 0 Å². The Kier molecular flexibility index (Phi) is 6.22. The molecule has 2 aromatic rings. The van der Waals surface area contributed by atoms with Crippen molar-refractivity contribution in [2.75, 3.05) is 12.0 Å². The Morgan fingerprint density at radius 2 is 2.06 bits per heavy atom. The van der Waals surface area contributed by atoms with Crippen LogP contribution < -0.4 is 11.1 Å². The molecule has 13 heteroatoms. The number of rotatable bonds is 4. The van der Waals surface area contributed by atoms with E-state index < -0.39 is 65.7 Å². The minimum atomic E-state index is -4.99. The molecule has 3 N–H and O–H groups in total. The van der Waals surface area contributed by atoms with Gasteiger partial charge in [-0.25, -0.2) is 23.1 Å². The van der Waals surface area contributed by atoms with Crippen LogP contribution in [0.4, 0.5) is 32.0 Å². The van der Waals surface area contributed by atoms with Gasteiger partial charge in [-0.05, 0) is 24.6 Å². The molecule has 3 rings (SSSR count). The van der Waals surface area contributed by atoms with E-state index in [0.717, 1.165) is 12.3 Å². The Morgan fingerprint density at radius 1 is 1.36 bits per heavy atom. The normalized spacial score (nSPS) is 20.4. The lowest BCUT2D eigenvalue weighted by Gasteiger charge is -2.36. The SMILES string of the molecule is Cc1cc(C#N)cnc1C(=O)Nc1cc(F)c(F)c([C@]2(CF)C[C@@H](C(F)(F)F)OC(N)=N2)c1. The van der Waals surface area contributed by atoms with E-state index in [2.05, 4.69) is 20.0 Å². The number of carbonyl (C=O) groups excluding carboxylic acids is 1. The van der Waals surface area contributed by atoms with Crippen LogP contribution in [0.1, 0.15) is 33.6 Å². The molecular formula is C20H15F6N5O2. The second-order valence-electron chi connectivity index (χ2n) is 7.24. The molecule has 0 saturated heterocycles. The molecule has 33 heavy (non-hydrogen) atoms. The van der Waals surface area contributed by atoms with E-state index in [9.17, 15) is 31.1 Å². The Morgan fingerprint density at radius 3 is 2.64 bits per heavy atom. The number of nitrogens with one attached hydrogen (secondary N) is 1. The third kappa shape index (κ3) is 4.69. The summed E-state index contributed by atoms with van der Waals surface area (Å²) >= 11 is 0. The molecule has 0 unspecified atom stereocenters. The summed E-state index contributed by atoms with van der Waals surface area (Å²) in [5.74, 6) is -4.10. The van der Waals surface area contributed by atoms with Gasteiger partial charge in [0.15, 0.2) is 17.7 Å². The number of ether oxygens (including phenoxy) is 1. The van der Waals surface area contributed by atoms with Crippen molar-refractivity contribution >= 4 is 17.6 Å². The van der Waals surface area contributed by atoms with E-state index in [1.165, 1.54) is 13.0 Å². The Balaban J connectivity index is 2.03. The minimum absolute atomic E-state index is 0.147. The number of carbonyl (C=O) groups is 1. The average molecular weight is 471 g/mol. The fourth-order valence-corrected chi connectivity index (χ4v) is 3.35. The molecule has 1 aliphatic heterocycles. The Labute approximate surface area is 182 Å². The number of hydrogen-bond acceptors (Lipinski definition) is 6. The van der Waals surface area contributed by atoms with Crippen molar-refractivity contribution in [3.05, 3.63) is 58.4 Å². The summed E-state index contributed by atoms with van der Waals surface area (Å²) in [6.07, 6.45) is -7.69. The van der Waals surface area contributed by atoms with Gasteiger partial charge in [0.05, 0.1) is 5.56 Å². The van der Waals surface area contributed by atoms with Crippen LogP contribution in [0.25, 0.3) is 0 Å². The van der Waals surface area contributed by atoms with E-state index in [4.69, 9.17) is 11.0 Å². The number of aliphatic imine (C=N–C) groups is 1. The van der Waals surface area contributed by atoms with Gasteiger partial charge in [0, 0.05) is 29.9 Å². The highest BCUT2D eigenvalue weighted by molar-refractivity contribution is 6.03. The van der Waals surface area contributed by atoms with Gasteiger partial charge in [-0.15, -0.1) is 0 Å². The molecule has 1 aromatic carbocycles. The number of alkyl halides is 4. The summed E-state index contributed by atoms with van der Waals surface area (Å²) < 4.78 is 87.0. The van der Waals surface area contributed by atoms with Gasteiger partial charge in [0.25, 0.3) is 11.9 Å². The molecule has 2 atom stereocenters. The highest BCUT2D eigenvalue weighted by Crippen LogP contribution is 2.42. The fourth-order valence-electron chi connectivity index (χ4n) is 3.35. The first kappa shape index (κ1) is 23.8. The molecular weight excluding hydrogens is 456 g/mol. The molecule has 7 nitrogen and oxygen atoms in total. The number of amidine groups is 1. The summed E-state index contributed by atoms with van der Waals surface area (Å²) in [5.41, 5.74) is 1.78. The van der Waals surface area contributed by atoms with Gasteiger partial charge in [-0.1, -0.05) is 0 Å². The molecule has 0 fully saturated rings. The first-order chi connectivity index (χ1) is 15.4. The third-order valence-electron chi connectivity index (χ3n) is 4.91. The lowest BCUT2D eigenvalue weighted by atomic mass is 9.84. The van der Waals surface area contributed by atoms with Crippen LogP contribution in [0.3, 0.4) is 0 Å². The van der Waals surface area contributed by atoms with Crippen molar-refractivity contribution in [2.45, 2.75) is 31.2 Å². The van der Waals surface area contributed by atoms with Crippen molar-refractivity contribution in [1.82, 2.24) is 4.98 Å². The predicted molar refractivity (Wildman–Crippen MR) is 103 cm³/mol. The largest absolute Gasteiger partial charge is 0.452 e. The van der Waals surface area contributed by atoms with Crippen molar-refractivity contribution < 1.29 is 35.9 Å². The quantitative estimate of drug-likeness (QED) is 0.662. The zero-order valence-corrected chi connectivity index (χ0v) is 16.8. The number of hydrogen-bond donors (Lipinski definition) is 2. The van der Waals surface area contributed by atoms with Crippen LogP contribution in [0.5, 0.6) is 0 Å². The van der Waals surface area contributed by atoms with E-state index in [0.29, 0.717) is 11.6 Å². The Hall–Kier alpha value is -3.82.